The Morgan fingerprint density at radius 2 is 1.83 bits per heavy atom. The van der Waals surface area contributed by atoms with Crippen LogP contribution in [0, 0.1) is 0 Å². The van der Waals surface area contributed by atoms with Gasteiger partial charge in [0.05, 0.1) is 0 Å². The first kappa shape index (κ1) is 24.9. The lowest BCUT2D eigenvalue weighted by Gasteiger charge is -2.25. The van der Waals surface area contributed by atoms with Crippen LogP contribution in [-0.4, -0.2) is 81.7 Å². The number of hydrogen-bond donors (Lipinski definition) is 2. The molecular formula is C22H39N5O2. The molecule has 0 aliphatic heterocycles. The highest BCUT2D eigenvalue weighted by atomic mass is 16.5. The van der Waals surface area contributed by atoms with Gasteiger partial charge in [-0.2, -0.15) is 0 Å². The largest absolute Gasteiger partial charge is 0.382 e. The highest BCUT2D eigenvalue weighted by Gasteiger charge is 2.10. The lowest BCUT2D eigenvalue weighted by molar-refractivity contribution is -0.127. The molecule has 0 spiro atoms. The molecular weight excluding hydrogens is 366 g/mol. The maximum atomic E-state index is 11.8. The summed E-state index contributed by atoms with van der Waals surface area (Å²) >= 11 is 0. The minimum atomic E-state index is -0.0172. The monoisotopic (exact) mass is 405 g/mol. The van der Waals surface area contributed by atoms with Crippen molar-refractivity contribution in [2.75, 3.05) is 54.0 Å². The normalized spacial score (nSPS) is 12.7. The molecule has 2 N–H and O–H groups in total. The van der Waals surface area contributed by atoms with Crippen LogP contribution < -0.4 is 10.6 Å². The molecule has 0 aliphatic rings. The fourth-order valence-electron chi connectivity index (χ4n) is 2.63. The minimum Gasteiger partial charge on any atom is -0.382 e. The van der Waals surface area contributed by atoms with Crippen LogP contribution in [0.2, 0.25) is 0 Å². The van der Waals surface area contributed by atoms with E-state index in [4.69, 9.17) is 4.74 Å². The maximum absolute atomic E-state index is 11.8. The van der Waals surface area contributed by atoms with Gasteiger partial charge in [0, 0.05) is 53.0 Å². The lowest BCUT2D eigenvalue weighted by atomic mass is 10.1. The SMILES string of the molecule is CCOCCCNC(=NCC(=O)N(C)C)NCCC(C)N(C)Cc1ccccc1. The number of benzene rings is 1. The zero-order valence-corrected chi connectivity index (χ0v) is 18.8. The topological polar surface area (TPSA) is 69.2 Å². The summed E-state index contributed by atoms with van der Waals surface area (Å²) in [7, 11) is 5.63. The molecule has 164 valence electrons. The third-order valence-corrected chi connectivity index (χ3v) is 4.72. The Morgan fingerprint density at radius 1 is 1.14 bits per heavy atom. The van der Waals surface area contributed by atoms with E-state index in [2.05, 4.69) is 58.8 Å². The van der Waals surface area contributed by atoms with E-state index in [1.807, 2.05) is 13.0 Å². The van der Waals surface area contributed by atoms with Crippen LogP contribution in [0.25, 0.3) is 0 Å². The van der Waals surface area contributed by atoms with Gasteiger partial charge in [-0.25, -0.2) is 4.99 Å². The first-order chi connectivity index (χ1) is 13.9. The minimum absolute atomic E-state index is 0.0172. The molecule has 1 atom stereocenters. The van der Waals surface area contributed by atoms with Gasteiger partial charge < -0.3 is 20.3 Å². The van der Waals surface area contributed by atoms with Crippen LogP contribution in [-0.2, 0) is 16.1 Å². The number of ether oxygens (including phenoxy) is 1. The number of nitrogens with zero attached hydrogens (tertiary/aromatic N) is 3. The molecule has 0 bridgehead atoms. The van der Waals surface area contributed by atoms with Crippen molar-refractivity contribution in [3.05, 3.63) is 35.9 Å². The Kier molecular flexibility index (Phi) is 12.7. The fourth-order valence-corrected chi connectivity index (χ4v) is 2.63. The van der Waals surface area contributed by atoms with E-state index in [1.54, 1.807) is 19.0 Å². The number of carbonyl (C=O) groups excluding carboxylic acids is 1. The summed E-state index contributed by atoms with van der Waals surface area (Å²) in [6.45, 7) is 8.27. The first-order valence-electron chi connectivity index (χ1n) is 10.5. The number of carbonyl (C=O) groups is 1. The zero-order valence-electron chi connectivity index (χ0n) is 18.8. The number of amides is 1. The lowest BCUT2D eigenvalue weighted by Crippen LogP contribution is -2.41. The second-order valence-corrected chi connectivity index (χ2v) is 7.40. The average molecular weight is 406 g/mol. The summed E-state index contributed by atoms with van der Waals surface area (Å²) in [5.41, 5.74) is 1.32. The van der Waals surface area contributed by atoms with E-state index < -0.39 is 0 Å². The number of hydrogen-bond acceptors (Lipinski definition) is 4. The van der Waals surface area contributed by atoms with Gasteiger partial charge in [-0.05, 0) is 39.3 Å². The second-order valence-electron chi connectivity index (χ2n) is 7.40. The van der Waals surface area contributed by atoms with E-state index in [0.717, 1.165) is 39.1 Å². The number of likely N-dealkylation sites (N-methyl/N-ethyl adjacent to an activating group) is 1. The smallest absolute Gasteiger partial charge is 0.243 e. The highest BCUT2D eigenvalue weighted by Crippen LogP contribution is 2.07. The van der Waals surface area contributed by atoms with Gasteiger partial charge in [0.25, 0.3) is 0 Å². The van der Waals surface area contributed by atoms with E-state index in [0.29, 0.717) is 18.6 Å². The van der Waals surface area contributed by atoms with Gasteiger partial charge in [0.15, 0.2) is 5.96 Å². The second kappa shape index (κ2) is 14.8. The van der Waals surface area contributed by atoms with Gasteiger partial charge in [0.2, 0.25) is 5.91 Å². The molecule has 1 aromatic rings. The standard InChI is InChI=1S/C22H39N5O2/c1-6-29-16-10-14-23-22(25-17-21(28)26(3)4)24-15-13-19(2)27(5)18-20-11-8-7-9-12-20/h7-9,11-12,19H,6,10,13-18H2,1-5H3,(H2,23,24,25). The fraction of sp³-hybridized carbons (Fsp3) is 0.636. The highest BCUT2D eigenvalue weighted by molar-refractivity contribution is 5.84. The van der Waals surface area contributed by atoms with Gasteiger partial charge in [0.1, 0.15) is 6.54 Å². The molecule has 0 aliphatic carbocycles. The van der Waals surface area contributed by atoms with Crippen LogP contribution in [0.5, 0.6) is 0 Å². The molecule has 0 radical (unpaired) electrons. The quantitative estimate of drug-likeness (QED) is 0.298. The first-order valence-corrected chi connectivity index (χ1v) is 10.5. The van der Waals surface area contributed by atoms with E-state index in [-0.39, 0.29) is 12.5 Å². The van der Waals surface area contributed by atoms with E-state index >= 15 is 0 Å². The van der Waals surface area contributed by atoms with Crippen LogP contribution in [0.15, 0.2) is 35.3 Å². The number of aliphatic imine (C=N–C) groups is 1. The summed E-state index contributed by atoms with van der Waals surface area (Å²) in [4.78, 5) is 20.2. The van der Waals surface area contributed by atoms with Crippen LogP contribution in [0.3, 0.4) is 0 Å². The molecule has 0 heterocycles. The summed E-state index contributed by atoms with van der Waals surface area (Å²) in [6, 6.07) is 10.9. The van der Waals surface area contributed by atoms with Gasteiger partial charge >= 0.3 is 0 Å². The van der Waals surface area contributed by atoms with E-state index in [1.165, 1.54) is 5.56 Å². The van der Waals surface area contributed by atoms with Crippen LogP contribution in [0.1, 0.15) is 32.3 Å². The summed E-state index contributed by atoms with van der Waals surface area (Å²) < 4.78 is 5.37. The van der Waals surface area contributed by atoms with Crippen LogP contribution in [0.4, 0.5) is 0 Å². The van der Waals surface area contributed by atoms with Crippen molar-refractivity contribution in [1.29, 1.82) is 0 Å². The molecule has 0 aromatic heterocycles. The van der Waals surface area contributed by atoms with Crippen LogP contribution >= 0.6 is 0 Å². The van der Waals surface area contributed by atoms with Gasteiger partial charge in [-0.15, -0.1) is 0 Å². The maximum Gasteiger partial charge on any atom is 0.243 e. The summed E-state index contributed by atoms with van der Waals surface area (Å²) in [5, 5.41) is 6.65. The number of nitrogens with one attached hydrogen (secondary N) is 2. The third-order valence-electron chi connectivity index (χ3n) is 4.72. The van der Waals surface area contributed by atoms with E-state index in [9.17, 15) is 4.79 Å². The predicted octanol–water partition coefficient (Wildman–Crippen LogP) is 1.95. The zero-order chi connectivity index (χ0) is 21.5. The number of guanidine groups is 1. The van der Waals surface area contributed by atoms with Crippen molar-refractivity contribution < 1.29 is 9.53 Å². The number of rotatable bonds is 13. The Hall–Kier alpha value is -2.12. The molecule has 0 fully saturated rings. The van der Waals surface area contributed by atoms with Crippen molar-refractivity contribution in [3.8, 4) is 0 Å². The molecule has 7 heteroatoms. The summed E-state index contributed by atoms with van der Waals surface area (Å²) in [5.74, 6) is 0.658. The van der Waals surface area contributed by atoms with Crippen molar-refractivity contribution in [2.24, 2.45) is 4.99 Å². The molecule has 1 rings (SSSR count). The molecule has 7 nitrogen and oxygen atoms in total. The van der Waals surface area contributed by atoms with Gasteiger partial charge in [-0.1, -0.05) is 30.3 Å². The van der Waals surface area contributed by atoms with Gasteiger partial charge in [-0.3, -0.25) is 9.69 Å². The molecule has 1 amide bonds. The molecule has 1 aromatic carbocycles. The average Bonchev–Trinajstić information content (AvgIpc) is 2.71. The Balaban J connectivity index is 2.45. The predicted molar refractivity (Wildman–Crippen MR) is 120 cm³/mol. The Labute approximate surface area is 176 Å². The summed E-state index contributed by atoms with van der Waals surface area (Å²) in [6.07, 6.45) is 1.87. The molecule has 1 unspecified atom stereocenters. The molecule has 0 saturated carbocycles. The van der Waals surface area contributed by atoms with Crippen molar-refractivity contribution >= 4 is 11.9 Å². The molecule has 0 saturated heterocycles. The Morgan fingerprint density at radius 3 is 2.48 bits per heavy atom. The molecule has 29 heavy (non-hydrogen) atoms. The van der Waals surface area contributed by atoms with Crippen molar-refractivity contribution in [1.82, 2.24) is 20.4 Å². The third kappa shape index (κ3) is 11.5. The van der Waals surface area contributed by atoms with Crippen molar-refractivity contribution in [3.63, 3.8) is 0 Å². The Bertz CT molecular complexity index is 592. The van der Waals surface area contributed by atoms with Crippen molar-refractivity contribution in [2.45, 2.75) is 39.3 Å².